The van der Waals surface area contributed by atoms with Crippen LogP contribution in [0.3, 0.4) is 0 Å². The number of aliphatic hydroxyl groups is 1. The summed E-state index contributed by atoms with van der Waals surface area (Å²) in [5.74, 6) is 0. The Hall–Kier alpha value is -0.830. The molecule has 1 aromatic carbocycles. The maximum atomic E-state index is 9.32. The molecule has 16 heavy (non-hydrogen) atoms. The SMILES string of the molecule is C=C(CCN(C)C(C)O)c1cccc(Cl)c1. The molecular formula is C13H18ClNO. The van der Waals surface area contributed by atoms with Crippen LogP contribution in [0.4, 0.5) is 0 Å². The molecule has 0 heterocycles. The summed E-state index contributed by atoms with van der Waals surface area (Å²) in [5, 5.41) is 10.0. The smallest absolute Gasteiger partial charge is 0.104 e. The van der Waals surface area contributed by atoms with Gasteiger partial charge in [-0.25, -0.2) is 0 Å². The van der Waals surface area contributed by atoms with E-state index in [1.807, 2.05) is 36.2 Å². The molecule has 88 valence electrons. The molecule has 3 heteroatoms. The summed E-state index contributed by atoms with van der Waals surface area (Å²) in [6.07, 6.45) is 0.397. The summed E-state index contributed by atoms with van der Waals surface area (Å²) in [7, 11) is 1.88. The number of hydrogen-bond acceptors (Lipinski definition) is 2. The van der Waals surface area contributed by atoms with Gasteiger partial charge in [0.2, 0.25) is 0 Å². The Balaban J connectivity index is 2.53. The van der Waals surface area contributed by atoms with E-state index >= 15 is 0 Å². The highest BCUT2D eigenvalue weighted by Crippen LogP contribution is 2.20. The molecule has 1 unspecified atom stereocenters. The Morgan fingerprint density at radius 1 is 1.56 bits per heavy atom. The third kappa shape index (κ3) is 3.97. The van der Waals surface area contributed by atoms with E-state index in [9.17, 15) is 5.11 Å². The third-order valence-corrected chi connectivity index (χ3v) is 2.87. The Labute approximate surface area is 102 Å². The molecule has 0 saturated carbocycles. The maximum absolute atomic E-state index is 9.32. The lowest BCUT2D eigenvalue weighted by molar-refractivity contribution is 0.0402. The molecule has 1 aromatic rings. The molecule has 0 spiro atoms. The van der Waals surface area contributed by atoms with Gasteiger partial charge in [0.25, 0.3) is 0 Å². The Kier molecular flexibility index (Phi) is 5.00. The van der Waals surface area contributed by atoms with Crippen molar-refractivity contribution in [3.05, 3.63) is 41.4 Å². The van der Waals surface area contributed by atoms with Gasteiger partial charge in [0, 0.05) is 11.6 Å². The fourth-order valence-electron chi connectivity index (χ4n) is 1.35. The topological polar surface area (TPSA) is 23.5 Å². The van der Waals surface area contributed by atoms with Gasteiger partial charge in [-0.2, -0.15) is 0 Å². The predicted molar refractivity (Wildman–Crippen MR) is 69.4 cm³/mol. The molecular weight excluding hydrogens is 222 g/mol. The van der Waals surface area contributed by atoms with Crippen LogP contribution in [-0.4, -0.2) is 29.8 Å². The van der Waals surface area contributed by atoms with Crippen molar-refractivity contribution in [1.29, 1.82) is 0 Å². The van der Waals surface area contributed by atoms with Crippen LogP contribution < -0.4 is 0 Å². The van der Waals surface area contributed by atoms with E-state index in [0.717, 1.165) is 29.1 Å². The molecule has 0 fully saturated rings. The number of rotatable bonds is 5. The molecule has 0 aromatic heterocycles. The molecule has 1 atom stereocenters. The summed E-state index contributed by atoms with van der Waals surface area (Å²) >= 11 is 5.91. The quantitative estimate of drug-likeness (QED) is 0.799. The van der Waals surface area contributed by atoms with Crippen LogP contribution in [0.1, 0.15) is 18.9 Å². The highest BCUT2D eigenvalue weighted by atomic mass is 35.5. The predicted octanol–water partition coefficient (Wildman–Crippen LogP) is 3.01. The molecule has 0 aliphatic heterocycles. The molecule has 0 aliphatic carbocycles. The van der Waals surface area contributed by atoms with Crippen molar-refractivity contribution in [3.8, 4) is 0 Å². The third-order valence-electron chi connectivity index (χ3n) is 2.64. The largest absolute Gasteiger partial charge is 0.379 e. The number of hydrogen-bond donors (Lipinski definition) is 1. The molecule has 0 amide bonds. The van der Waals surface area contributed by atoms with Gasteiger partial charge in [-0.15, -0.1) is 0 Å². The van der Waals surface area contributed by atoms with Crippen molar-refractivity contribution in [3.63, 3.8) is 0 Å². The van der Waals surface area contributed by atoms with Crippen LogP contribution in [0, 0.1) is 0 Å². The summed E-state index contributed by atoms with van der Waals surface area (Å²) in [4.78, 5) is 1.87. The second kappa shape index (κ2) is 6.04. The van der Waals surface area contributed by atoms with Crippen LogP contribution in [-0.2, 0) is 0 Å². The summed E-state index contributed by atoms with van der Waals surface area (Å²) in [6, 6.07) is 7.67. The fraction of sp³-hybridized carbons (Fsp3) is 0.385. The number of benzene rings is 1. The van der Waals surface area contributed by atoms with Crippen LogP contribution >= 0.6 is 11.6 Å². The zero-order valence-corrected chi connectivity index (χ0v) is 10.5. The maximum Gasteiger partial charge on any atom is 0.104 e. The van der Waals surface area contributed by atoms with Crippen LogP contribution in [0.5, 0.6) is 0 Å². The molecule has 1 rings (SSSR count). The van der Waals surface area contributed by atoms with E-state index < -0.39 is 6.23 Å². The molecule has 0 bridgehead atoms. The first-order valence-corrected chi connectivity index (χ1v) is 5.70. The van der Waals surface area contributed by atoms with Crippen molar-refractivity contribution in [1.82, 2.24) is 4.90 Å². The van der Waals surface area contributed by atoms with Crippen molar-refractivity contribution >= 4 is 17.2 Å². The summed E-state index contributed by atoms with van der Waals surface area (Å²) < 4.78 is 0. The molecule has 0 radical (unpaired) electrons. The minimum atomic E-state index is -0.424. The van der Waals surface area contributed by atoms with Gasteiger partial charge in [0.05, 0.1) is 0 Å². The number of aliphatic hydroxyl groups excluding tert-OH is 1. The van der Waals surface area contributed by atoms with Gasteiger partial charge < -0.3 is 5.11 Å². The number of halogens is 1. The highest BCUT2D eigenvalue weighted by molar-refractivity contribution is 6.30. The van der Waals surface area contributed by atoms with E-state index in [1.54, 1.807) is 6.92 Å². The minimum absolute atomic E-state index is 0.424. The van der Waals surface area contributed by atoms with E-state index in [2.05, 4.69) is 6.58 Å². The lowest BCUT2D eigenvalue weighted by Gasteiger charge is -2.20. The van der Waals surface area contributed by atoms with E-state index in [4.69, 9.17) is 11.6 Å². The zero-order valence-electron chi connectivity index (χ0n) is 9.78. The van der Waals surface area contributed by atoms with Crippen LogP contribution in [0.2, 0.25) is 5.02 Å². The van der Waals surface area contributed by atoms with Crippen molar-refractivity contribution in [2.24, 2.45) is 0 Å². The molecule has 1 N–H and O–H groups in total. The molecule has 0 aliphatic rings. The average Bonchev–Trinajstić information content (AvgIpc) is 2.25. The summed E-state index contributed by atoms with van der Waals surface area (Å²) in [6.45, 7) is 6.56. The average molecular weight is 240 g/mol. The number of nitrogens with zero attached hydrogens (tertiary/aromatic N) is 1. The first kappa shape index (κ1) is 13.2. The van der Waals surface area contributed by atoms with Crippen molar-refractivity contribution in [2.45, 2.75) is 19.6 Å². The second-order valence-corrected chi connectivity index (χ2v) is 4.41. The van der Waals surface area contributed by atoms with Crippen LogP contribution in [0.25, 0.3) is 5.57 Å². The first-order chi connectivity index (χ1) is 7.50. The lowest BCUT2D eigenvalue weighted by Crippen LogP contribution is -2.29. The van der Waals surface area contributed by atoms with Crippen LogP contribution in [0.15, 0.2) is 30.8 Å². The Bertz CT molecular complexity index is 363. The van der Waals surface area contributed by atoms with Gasteiger partial charge in [0.1, 0.15) is 6.23 Å². The van der Waals surface area contributed by atoms with Gasteiger partial charge >= 0.3 is 0 Å². The van der Waals surface area contributed by atoms with Gasteiger partial charge in [-0.1, -0.05) is 30.3 Å². The normalized spacial score (nSPS) is 12.8. The molecule has 0 saturated heterocycles. The summed E-state index contributed by atoms with van der Waals surface area (Å²) in [5.41, 5.74) is 2.10. The zero-order chi connectivity index (χ0) is 12.1. The lowest BCUT2D eigenvalue weighted by atomic mass is 10.0. The first-order valence-electron chi connectivity index (χ1n) is 5.32. The minimum Gasteiger partial charge on any atom is -0.379 e. The Morgan fingerprint density at radius 2 is 2.25 bits per heavy atom. The Morgan fingerprint density at radius 3 is 2.81 bits per heavy atom. The van der Waals surface area contributed by atoms with Gasteiger partial charge in [-0.05, 0) is 43.7 Å². The van der Waals surface area contributed by atoms with Crippen molar-refractivity contribution < 1.29 is 5.11 Å². The van der Waals surface area contributed by atoms with E-state index in [1.165, 1.54) is 0 Å². The monoisotopic (exact) mass is 239 g/mol. The molecule has 2 nitrogen and oxygen atoms in total. The van der Waals surface area contributed by atoms with Gasteiger partial charge in [-0.3, -0.25) is 4.90 Å². The van der Waals surface area contributed by atoms with E-state index in [0.29, 0.717) is 0 Å². The standard InChI is InChI=1S/C13H18ClNO/c1-10(7-8-15(3)11(2)16)12-5-4-6-13(14)9-12/h4-6,9,11,16H,1,7-8H2,2-3H3. The fourth-order valence-corrected chi connectivity index (χ4v) is 1.54. The van der Waals surface area contributed by atoms with Crippen molar-refractivity contribution in [2.75, 3.05) is 13.6 Å². The highest BCUT2D eigenvalue weighted by Gasteiger charge is 2.06. The van der Waals surface area contributed by atoms with Gasteiger partial charge in [0.15, 0.2) is 0 Å². The second-order valence-electron chi connectivity index (χ2n) is 3.98. The van der Waals surface area contributed by atoms with E-state index in [-0.39, 0.29) is 0 Å².